The van der Waals surface area contributed by atoms with Gasteiger partial charge in [0.25, 0.3) is 0 Å². The summed E-state index contributed by atoms with van der Waals surface area (Å²) in [6.07, 6.45) is 1.36. The summed E-state index contributed by atoms with van der Waals surface area (Å²) in [7, 11) is 3.06. The highest BCUT2D eigenvalue weighted by Crippen LogP contribution is 2.18. The Labute approximate surface area is 103 Å². The van der Waals surface area contributed by atoms with Crippen molar-refractivity contribution in [2.75, 3.05) is 20.8 Å². The van der Waals surface area contributed by atoms with Crippen LogP contribution in [0.3, 0.4) is 0 Å². The van der Waals surface area contributed by atoms with Gasteiger partial charge in [-0.25, -0.2) is 9.97 Å². The van der Waals surface area contributed by atoms with E-state index in [0.717, 1.165) is 0 Å². The van der Waals surface area contributed by atoms with Crippen molar-refractivity contribution in [3.05, 3.63) is 18.3 Å². The summed E-state index contributed by atoms with van der Waals surface area (Å²) in [6, 6.07) is 1.15. The second-order valence-corrected chi connectivity index (χ2v) is 3.46. The Bertz CT molecular complexity index is 516. The van der Waals surface area contributed by atoms with Crippen LogP contribution in [0.4, 0.5) is 0 Å². The predicted molar refractivity (Wildman–Crippen MR) is 60.7 cm³/mol. The van der Waals surface area contributed by atoms with Crippen molar-refractivity contribution < 1.29 is 14.0 Å². The van der Waals surface area contributed by atoms with E-state index >= 15 is 0 Å². The van der Waals surface area contributed by atoms with Crippen molar-refractivity contribution >= 4 is 0 Å². The van der Waals surface area contributed by atoms with Crippen LogP contribution in [0.5, 0.6) is 5.88 Å². The smallest absolute Gasteiger partial charge is 0.246 e. The molecule has 1 unspecified atom stereocenters. The molecule has 8 nitrogen and oxygen atoms in total. The monoisotopic (exact) mass is 251 g/mol. The van der Waals surface area contributed by atoms with Crippen LogP contribution in [0.25, 0.3) is 11.5 Å². The Morgan fingerprint density at radius 2 is 2.22 bits per heavy atom. The van der Waals surface area contributed by atoms with Crippen LogP contribution in [0.15, 0.2) is 16.9 Å². The van der Waals surface area contributed by atoms with Crippen molar-refractivity contribution in [2.24, 2.45) is 5.73 Å². The molecule has 0 radical (unpaired) electrons. The maximum absolute atomic E-state index is 5.77. The van der Waals surface area contributed by atoms with Gasteiger partial charge in [0.15, 0.2) is 0 Å². The SMILES string of the molecule is COCC(N)c1nc(-c2cc(OC)ncn2)no1. The molecule has 1 atom stereocenters. The number of nitrogens with zero attached hydrogens (tertiary/aromatic N) is 4. The van der Waals surface area contributed by atoms with Gasteiger partial charge in [-0.15, -0.1) is 0 Å². The predicted octanol–water partition coefficient (Wildman–Crippen LogP) is 0.181. The van der Waals surface area contributed by atoms with Gasteiger partial charge in [-0.05, 0) is 0 Å². The highest BCUT2D eigenvalue weighted by molar-refractivity contribution is 5.49. The fraction of sp³-hybridized carbons (Fsp3) is 0.400. The molecule has 0 aliphatic carbocycles. The second-order valence-electron chi connectivity index (χ2n) is 3.46. The number of hydrogen-bond acceptors (Lipinski definition) is 8. The van der Waals surface area contributed by atoms with E-state index in [-0.39, 0.29) is 0 Å². The van der Waals surface area contributed by atoms with E-state index in [0.29, 0.717) is 29.9 Å². The molecule has 2 heterocycles. The highest BCUT2D eigenvalue weighted by Gasteiger charge is 2.16. The summed E-state index contributed by atoms with van der Waals surface area (Å²) >= 11 is 0. The molecule has 0 saturated heterocycles. The van der Waals surface area contributed by atoms with E-state index in [2.05, 4.69) is 20.1 Å². The molecule has 2 aromatic heterocycles. The lowest BCUT2D eigenvalue weighted by molar-refractivity contribution is 0.166. The number of methoxy groups -OCH3 is 2. The molecule has 0 aliphatic heterocycles. The molecule has 8 heteroatoms. The Hall–Kier alpha value is -2.06. The van der Waals surface area contributed by atoms with E-state index in [1.54, 1.807) is 13.2 Å². The van der Waals surface area contributed by atoms with Gasteiger partial charge >= 0.3 is 0 Å². The average molecular weight is 251 g/mol. The summed E-state index contributed by atoms with van der Waals surface area (Å²) in [5, 5.41) is 3.80. The standard InChI is InChI=1S/C10H13N5O3/c1-16-4-6(11)10-14-9(15-18-10)7-3-8(17-2)13-5-12-7/h3,5-6H,4,11H2,1-2H3. The lowest BCUT2D eigenvalue weighted by Gasteiger charge is -2.02. The molecule has 0 saturated carbocycles. The lowest BCUT2D eigenvalue weighted by atomic mass is 10.3. The third-order valence-electron chi connectivity index (χ3n) is 2.19. The molecular formula is C10H13N5O3. The highest BCUT2D eigenvalue weighted by atomic mass is 16.5. The molecule has 2 rings (SSSR count). The minimum absolute atomic E-state index is 0.296. The topological polar surface area (TPSA) is 109 Å². The van der Waals surface area contributed by atoms with Crippen molar-refractivity contribution in [2.45, 2.75) is 6.04 Å². The van der Waals surface area contributed by atoms with Crippen LogP contribution < -0.4 is 10.5 Å². The molecule has 0 fully saturated rings. The van der Waals surface area contributed by atoms with Gasteiger partial charge in [-0.2, -0.15) is 4.98 Å². The van der Waals surface area contributed by atoms with Crippen LogP contribution in [-0.4, -0.2) is 40.9 Å². The molecular weight excluding hydrogens is 238 g/mol. The van der Waals surface area contributed by atoms with E-state index in [1.165, 1.54) is 13.4 Å². The van der Waals surface area contributed by atoms with E-state index in [9.17, 15) is 0 Å². The maximum Gasteiger partial charge on any atom is 0.246 e. The minimum atomic E-state index is -0.458. The van der Waals surface area contributed by atoms with Crippen molar-refractivity contribution in [3.8, 4) is 17.4 Å². The van der Waals surface area contributed by atoms with Gasteiger partial charge in [0.1, 0.15) is 18.1 Å². The van der Waals surface area contributed by atoms with E-state index < -0.39 is 6.04 Å². The van der Waals surface area contributed by atoms with Crippen molar-refractivity contribution in [1.82, 2.24) is 20.1 Å². The van der Waals surface area contributed by atoms with Crippen molar-refractivity contribution in [1.29, 1.82) is 0 Å². The van der Waals surface area contributed by atoms with E-state index in [1.807, 2.05) is 0 Å². The fourth-order valence-electron chi connectivity index (χ4n) is 1.31. The molecule has 2 aromatic rings. The van der Waals surface area contributed by atoms with Gasteiger partial charge < -0.3 is 19.7 Å². The Morgan fingerprint density at radius 1 is 1.39 bits per heavy atom. The van der Waals surface area contributed by atoms with Crippen LogP contribution in [-0.2, 0) is 4.74 Å². The first kappa shape index (κ1) is 12.4. The fourth-order valence-corrected chi connectivity index (χ4v) is 1.31. The largest absolute Gasteiger partial charge is 0.481 e. The van der Waals surface area contributed by atoms with Crippen LogP contribution in [0.1, 0.15) is 11.9 Å². The van der Waals surface area contributed by atoms with Crippen LogP contribution in [0.2, 0.25) is 0 Å². The summed E-state index contributed by atoms with van der Waals surface area (Å²) < 4.78 is 14.9. The minimum Gasteiger partial charge on any atom is -0.481 e. The molecule has 0 spiro atoms. The third-order valence-corrected chi connectivity index (χ3v) is 2.19. The summed E-state index contributed by atoms with van der Waals surface area (Å²) in [4.78, 5) is 12.1. The quantitative estimate of drug-likeness (QED) is 0.801. The Morgan fingerprint density at radius 3 is 2.94 bits per heavy atom. The maximum atomic E-state index is 5.77. The number of nitrogens with two attached hydrogens (primary N) is 1. The van der Waals surface area contributed by atoms with Crippen LogP contribution in [0, 0.1) is 0 Å². The zero-order valence-corrected chi connectivity index (χ0v) is 10.0. The number of hydrogen-bond donors (Lipinski definition) is 1. The molecule has 0 aromatic carbocycles. The molecule has 96 valence electrons. The number of aromatic nitrogens is 4. The molecule has 0 amide bonds. The van der Waals surface area contributed by atoms with E-state index in [4.69, 9.17) is 19.7 Å². The summed E-state index contributed by atoms with van der Waals surface area (Å²) in [6.45, 7) is 0.300. The normalized spacial score (nSPS) is 12.4. The van der Waals surface area contributed by atoms with Gasteiger partial charge in [-0.3, -0.25) is 0 Å². The first-order valence-corrected chi connectivity index (χ1v) is 5.19. The van der Waals surface area contributed by atoms with Gasteiger partial charge in [-0.1, -0.05) is 5.16 Å². The number of rotatable bonds is 5. The third kappa shape index (κ3) is 2.60. The zero-order chi connectivity index (χ0) is 13.0. The molecule has 0 aliphatic rings. The van der Waals surface area contributed by atoms with Crippen LogP contribution >= 0.6 is 0 Å². The summed E-state index contributed by atoms with van der Waals surface area (Å²) in [5.74, 6) is 1.05. The van der Waals surface area contributed by atoms with Gasteiger partial charge in [0.2, 0.25) is 17.6 Å². The Balaban J connectivity index is 2.23. The lowest BCUT2D eigenvalue weighted by Crippen LogP contribution is -2.16. The summed E-state index contributed by atoms with van der Waals surface area (Å²) in [5.41, 5.74) is 6.28. The van der Waals surface area contributed by atoms with Gasteiger partial charge in [0.05, 0.1) is 13.7 Å². The molecule has 18 heavy (non-hydrogen) atoms. The first-order chi connectivity index (χ1) is 8.74. The molecule has 0 bridgehead atoms. The van der Waals surface area contributed by atoms with Gasteiger partial charge in [0, 0.05) is 13.2 Å². The first-order valence-electron chi connectivity index (χ1n) is 5.19. The zero-order valence-electron chi connectivity index (χ0n) is 10.0. The average Bonchev–Trinajstić information content (AvgIpc) is 2.89. The molecule has 2 N–H and O–H groups in total. The Kier molecular flexibility index (Phi) is 3.80. The van der Waals surface area contributed by atoms with Crippen molar-refractivity contribution in [3.63, 3.8) is 0 Å². The number of ether oxygens (including phenoxy) is 2. The second kappa shape index (κ2) is 5.52.